The van der Waals surface area contributed by atoms with Gasteiger partial charge in [0.25, 0.3) is 0 Å². The highest BCUT2D eigenvalue weighted by atomic mass is 15.2. The topological polar surface area (TPSA) is 47.1 Å². The Bertz CT molecular complexity index is 294. The van der Waals surface area contributed by atoms with Crippen molar-refractivity contribution >= 4 is 0 Å². The molecule has 0 unspecified atom stereocenters. The third-order valence-electron chi connectivity index (χ3n) is 2.70. The monoisotopic (exact) mass is 180 g/mol. The zero-order valence-corrected chi connectivity index (χ0v) is 8.14. The molecule has 0 bridgehead atoms. The van der Waals surface area contributed by atoms with Crippen LogP contribution in [0.3, 0.4) is 0 Å². The molecule has 1 saturated heterocycles. The third kappa shape index (κ3) is 1.59. The van der Waals surface area contributed by atoms with Crippen molar-refractivity contribution in [3.05, 3.63) is 18.0 Å². The molecule has 4 heteroatoms. The molecule has 2 N–H and O–H groups in total. The first-order valence-corrected chi connectivity index (χ1v) is 4.59. The molecule has 1 aliphatic heterocycles. The Morgan fingerprint density at radius 3 is 2.69 bits per heavy atom. The lowest BCUT2D eigenvalue weighted by Gasteiger charge is -2.10. The SMILES string of the molecule is CN1C[C@H](c2cnn(C)c2)[C@@H](N)C1. The van der Waals surface area contributed by atoms with Gasteiger partial charge in [0, 0.05) is 38.3 Å². The standard InChI is InChI=1S/C9H16N4/c1-12-5-8(9(10)6-12)7-3-11-13(2)4-7/h3-4,8-9H,5-6,10H2,1-2H3/t8-,9+/m1/s1. The largest absolute Gasteiger partial charge is 0.326 e. The molecule has 0 aromatic carbocycles. The summed E-state index contributed by atoms with van der Waals surface area (Å²) in [4.78, 5) is 2.27. The van der Waals surface area contributed by atoms with Gasteiger partial charge in [0.1, 0.15) is 0 Å². The van der Waals surface area contributed by atoms with Crippen LogP contribution in [0.1, 0.15) is 11.5 Å². The van der Waals surface area contributed by atoms with Crippen LogP contribution >= 0.6 is 0 Å². The Balaban J connectivity index is 2.17. The predicted molar refractivity (Wildman–Crippen MR) is 51.4 cm³/mol. The van der Waals surface area contributed by atoms with Crippen LogP contribution in [0.4, 0.5) is 0 Å². The average molecular weight is 180 g/mol. The van der Waals surface area contributed by atoms with Crippen molar-refractivity contribution < 1.29 is 0 Å². The molecule has 2 atom stereocenters. The first-order chi connectivity index (χ1) is 6.16. The number of nitrogens with two attached hydrogens (primary N) is 1. The van der Waals surface area contributed by atoms with Gasteiger partial charge in [0.2, 0.25) is 0 Å². The smallest absolute Gasteiger partial charge is 0.0525 e. The lowest BCUT2D eigenvalue weighted by Crippen LogP contribution is -2.27. The van der Waals surface area contributed by atoms with Crippen LogP contribution in [-0.2, 0) is 7.05 Å². The van der Waals surface area contributed by atoms with E-state index in [4.69, 9.17) is 5.73 Å². The van der Waals surface area contributed by atoms with E-state index in [1.165, 1.54) is 5.56 Å². The summed E-state index contributed by atoms with van der Waals surface area (Å²) in [6, 6.07) is 0.259. The number of aryl methyl sites for hydroxylation is 1. The second kappa shape index (κ2) is 3.12. The van der Waals surface area contributed by atoms with E-state index >= 15 is 0 Å². The summed E-state index contributed by atoms with van der Waals surface area (Å²) in [7, 11) is 4.05. The van der Waals surface area contributed by atoms with Gasteiger partial charge in [-0.15, -0.1) is 0 Å². The lowest BCUT2D eigenvalue weighted by atomic mass is 9.98. The molecule has 1 aliphatic rings. The predicted octanol–water partition coefficient (Wildman–Crippen LogP) is -0.224. The van der Waals surface area contributed by atoms with Crippen LogP contribution in [0, 0.1) is 0 Å². The molecule has 1 fully saturated rings. The maximum atomic E-state index is 6.03. The molecule has 13 heavy (non-hydrogen) atoms. The van der Waals surface area contributed by atoms with Crippen molar-refractivity contribution in [3.63, 3.8) is 0 Å². The van der Waals surface area contributed by atoms with E-state index in [0.717, 1.165) is 13.1 Å². The van der Waals surface area contributed by atoms with Crippen LogP contribution in [0.15, 0.2) is 12.4 Å². The Morgan fingerprint density at radius 2 is 2.23 bits per heavy atom. The Kier molecular flexibility index (Phi) is 2.09. The van der Waals surface area contributed by atoms with E-state index in [0.29, 0.717) is 5.92 Å². The van der Waals surface area contributed by atoms with Gasteiger partial charge in [-0.05, 0) is 12.6 Å². The minimum absolute atomic E-state index is 0.259. The van der Waals surface area contributed by atoms with Crippen LogP contribution in [0.25, 0.3) is 0 Å². The average Bonchev–Trinajstić information content (AvgIpc) is 2.58. The Hall–Kier alpha value is -0.870. The summed E-state index contributed by atoms with van der Waals surface area (Å²) in [5.74, 6) is 0.457. The van der Waals surface area contributed by atoms with Gasteiger partial charge >= 0.3 is 0 Å². The molecule has 0 aliphatic carbocycles. The van der Waals surface area contributed by atoms with Gasteiger partial charge in [-0.3, -0.25) is 4.68 Å². The molecule has 0 spiro atoms. The maximum Gasteiger partial charge on any atom is 0.0525 e. The Labute approximate surface area is 78.3 Å². The molecule has 2 rings (SSSR count). The van der Waals surface area contributed by atoms with E-state index in [9.17, 15) is 0 Å². The molecule has 1 aromatic rings. The van der Waals surface area contributed by atoms with Crippen molar-refractivity contribution in [1.82, 2.24) is 14.7 Å². The molecule has 72 valence electrons. The Morgan fingerprint density at radius 1 is 1.46 bits per heavy atom. The zero-order chi connectivity index (χ0) is 9.42. The van der Waals surface area contributed by atoms with Crippen molar-refractivity contribution in [2.24, 2.45) is 12.8 Å². The van der Waals surface area contributed by atoms with Crippen LogP contribution in [-0.4, -0.2) is 40.9 Å². The highest BCUT2D eigenvalue weighted by Gasteiger charge is 2.29. The van der Waals surface area contributed by atoms with Gasteiger partial charge in [-0.2, -0.15) is 5.10 Å². The number of aromatic nitrogens is 2. The number of hydrogen-bond donors (Lipinski definition) is 1. The second-order valence-electron chi connectivity index (χ2n) is 3.94. The number of hydrogen-bond acceptors (Lipinski definition) is 3. The molecule has 0 amide bonds. The van der Waals surface area contributed by atoms with Gasteiger partial charge < -0.3 is 10.6 Å². The zero-order valence-electron chi connectivity index (χ0n) is 8.14. The summed E-state index contributed by atoms with van der Waals surface area (Å²) in [6.07, 6.45) is 3.98. The fourth-order valence-corrected chi connectivity index (χ4v) is 2.02. The minimum Gasteiger partial charge on any atom is -0.326 e. The highest BCUT2D eigenvalue weighted by molar-refractivity contribution is 5.17. The van der Waals surface area contributed by atoms with Crippen LogP contribution in [0.5, 0.6) is 0 Å². The van der Waals surface area contributed by atoms with E-state index in [2.05, 4.69) is 23.2 Å². The van der Waals surface area contributed by atoms with E-state index in [1.54, 1.807) is 0 Å². The van der Waals surface area contributed by atoms with E-state index < -0.39 is 0 Å². The quantitative estimate of drug-likeness (QED) is 0.650. The summed E-state index contributed by atoms with van der Waals surface area (Å²) in [5, 5.41) is 4.16. The molecular formula is C9H16N4. The molecule has 2 heterocycles. The summed E-state index contributed by atoms with van der Waals surface area (Å²) >= 11 is 0. The van der Waals surface area contributed by atoms with E-state index in [-0.39, 0.29) is 6.04 Å². The molecule has 1 aromatic heterocycles. The summed E-state index contributed by atoms with van der Waals surface area (Å²) in [5.41, 5.74) is 7.30. The molecular weight excluding hydrogens is 164 g/mol. The van der Waals surface area contributed by atoms with Crippen molar-refractivity contribution in [2.45, 2.75) is 12.0 Å². The fourth-order valence-electron chi connectivity index (χ4n) is 2.02. The van der Waals surface area contributed by atoms with Crippen molar-refractivity contribution in [1.29, 1.82) is 0 Å². The maximum absolute atomic E-state index is 6.03. The van der Waals surface area contributed by atoms with Gasteiger partial charge in [0.15, 0.2) is 0 Å². The van der Waals surface area contributed by atoms with Gasteiger partial charge in [-0.1, -0.05) is 0 Å². The van der Waals surface area contributed by atoms with Crippen molar-refractivity contribution in [3.8, 4) is 0 Å². The minimum atomic E-state index is 0.259. The molecule has 0 radical (unpaired) electrons. The van der Waals surface area contributed by atoms with Gasteiger partial charge in [-0.25, -0.2) is 0 Å². The lowest BCUT2D eigenvalue weighted by molar-refractivity contribution is 0.407. The third-order valence-corrected chi connectivity index (χ3v) is 2.70. The first kappa shape index (κ1) is 8.72. The number of likely N-dealkylation sites (N-methyl/N-ethyl adjacent to an activating group) is 1. The van der Waals surface area contributed by atoms with Gasteiger partial charge in [0.05, 0.1) is 6.20 Å². The highest BCUT2D eigenvalue weighted by Crippen LogP contribution is 2.24. The number of nitrogens with zero attached hydrogens (tertiary/aromatic N) is 3. The molecule has 0 saturated carbocycles. The van der Waals surface area contributed by atoms with Crippen LogP contribution < -0.4 is 5.73 Å². The second-order valence-corrected chi connectivity index (χ2v) is 3.94. The van der Waals surface area contributed by atoms with E-state index in [1.807, 2.05) is 17.9 Å². The number of likely N-dealkylation sites (tertiary alicyclic amines) is 1. The molecule has 4 nitrogen and oxygen atoms in total. The fraction of sp³-hybridized carbons (Fsp3) is 0.667. The number of rotatable bonds is 1. The summed E-state index contributed by atoms with van der Waals surface area (Å²) < 4.78 is 1.83. The normalized spacial score (nSPS) is 29.8. The first-order valence-electron chi connectivity index (χ1n) is 4.59. The summed E-state index contributed by atoms with van der Waals surface area (Å²) in [6.45, 7) is 2.03. The van der Waals surface area contributed by atoms with Crippen LogP contribution in [0.2, 0.25) is 0 Å². The van der Waals surface area contributed by atoms with Crippen molar-refractivity contribution in [2.75, 3.05) is 20.1 Å².